The molecule has 0 aliphatic rings. The van der Waals surface area contributed by atoms with Gasteiger partial charge in [0.1, 0.15) is 16.8 Å². The fourth-order valence-electron chi connectivity index (χ4n) is 3.78. The number of aromatic nitrogens is 4. The minimum Gasteiger partial charge on any atom is -0.497 e. The van der Waals surface area contributed by atoms with Crippen molar-refractivity contribution < 1.29 is 9.53 Å². The number of nitrogens with zero attached hydrogens (tertiary/aromatic N) is 4. The second-order valence-electron chi connectivity index (χ2n) is 8.01. The molecule has 7 nitrogen and oxygen atoms in total. The number of fused-ring (bicyclic) bond motifs is 1. The minimum atomic E-state index is -0.508. The average molecular weight is 548 g/mol. The van der Waals surface area contributed by atoms with E-state index in [0.29, 0.717) is 28.9 Å². The van der Waals surface area contributed by atoms with E-state index >= 15 is 0 Å². The van der Waals surface area contributed by atoms with Gasteiger partial charge in [-0.2, -0.15) is 0 Å². The van der Waals surface area contributed by atoms with Gasteiger partial charge < -0.3 is 14.6 Å². The number of ether oxygens (including phenoxy) is 1. The molecule has 1 atom stereocenters. The smallest absolute Gasteiger partial charge is 0.242 e. The number of benzene rings is 3. The number of hydrogen-bond donors (Lipinski definition) is 1. The standard InChI is InChI=1S/C27H25N5O2S3/c1-3-32-23(17-35-27-29-21-14-7-8-15-22(21)36-27)30-31-26(32)37-24(18-10-5-4-6-11-18)25(33)28-19-12-9-13-20(16-19)34-2/h4-16,24H,3,17H2,1-2H3,(H,28,33). The molecular weight excluding hydrogens is 523 g/mol. The van der Waals surface area contributed by atoms with Crippen molar-refractivity contribution in [1.82, 2.24) is 19.7 Å². The zero-order valence-electron chi connectivity index (χ0n) is 20.3. The highest BCUT2D eigenvalue weighted by Crippen LogP contribution is 2.37. The van der Waals surface area contributed by atoms with Crippen molar-refractivity contribution in [2.75, 3.05) is 12.4 Å². The van der Waals surface area contributed by atoms with Gasteiger partial charge in [0.15, 0.2) is 9.50 Å². The SMILES string of the molecule is CCn1c(CSc2nc3ccccc3s2)nnc1SC(C(=O)Nc1cccc(OC)c1)c1ccccc1. The predicted octanol–water partition coefficient (Wildman–Crippen LogP) is 6.68. The number of methoxy groups -OCH3 is 1. The van der Waals surface area contributed by atoms with Gasteiger partial charge >= 0.3 is 0 Å². The molecule has 37 heavy (non-hydrogen) atoms. The Hall–Kier alpha value is -3.34. The van der Waals surface area contributed by atoms with Crippen LogP contribution in [-0.4, -0.2) is 32.8 Å². The number of hydrogen-bond acceptors (Lipinski definition) is 8. The molecule has 10 heteroatoms. The summed E-state index contributed by atoms with van der Waals surface area (Å²) < 4.78 is 9.54. The minimum absolute atomic E-state index is 0.138. The van der Waals surface area contributed by atoms with E-state index in [2.05, 4.69) is 33.1 Å². The molecule has 5 aromatic rings. The van der Waals surface area contributed by atoms with E-state index in [4.69, 9.17) is 9.72 Å². The third kappa shape index (κ3) is 5.98. The normalized spacial score (nSPS) is 11.9. The van der Waals surface area contributed by atoms with Gasteiger partial charge in [-0.05, 0) is 36.8 Å². The molecule has 0 radical (unpaired) electrons. The quantitative estimate of drug-likeness (QED) is 0.195. The van der Waals surface area contributed by atoms with Gasteiger partial charge in [-0.1, -0.05) is 72.1 Å². The van der Waals surface area contributed by atoms with Crippen molar-refractivity contribution in [1.29, 1.82) is 0 Å². The molecule has 1 N–H and O–H groups in total. The summed E-state index contributed by atoms with van der Waals surface area (Å²) in [5, 5.41) is 12.2. The summed E-state index contributed by atoms with van der Waals surface area (Å²) in [7, 11) is 1.61. The van der Waals surface area contributed by atoms with Crippen LogP contribution < -0.4 is 10.1 Å². The van der Waals surface area contributed by atoms with Crippen molar-refractivity contribution >= 4 is 56.7 Å². The first-order valence-corrected chi connectivity index (χ1v) is 14.4. The monoisotopic (exact) mass is 547 g/mol. The summed E-state index contributed by atoms with van der Waals surface area (Å²) >= 11 is 4.73. The lowest BCUT2D eigenvalue weighted by Gasteiger charge is -2.17. The highest BCUT2D eigenvalue weighted by molar-refractivity contribution is 8.00. The molecule has 2 heterocycles. The molecule has 188 valence electrons. The van der Waals surface area contributed by atoms with Crippen LogP contribution in [-0.2, 0) is 17.1 Å². The van der Waals surface area contributed by atoms with Crippen LogP contribution >= 0.6 is 34.9 Å². The zero-order valence-corrected chi connectivity index (χ0v) is 22.8. The van der Waals surface area contributed by atoms with Crippen LogP contribution in [0.25, 0.3) is 10.2 Å². The Morgan fingerprint density at radius 1 is 1.05 bits per heavy atom. The summed E-state index contributed by atoms with van der Waals surface area (Å²) in [6.45, 7) is 2.76. The molecular formula is C27H25N5O2S3. The molecule has 0 saturated heterocycles. The fraction of sp³-hybridized carbons (Fsp3) is 0.185. The molecule has 1 amide bonds. The van der Waals surface area contributed by atoms with Gasteiger partial charge in [0.25, 0.3) is 0 Å². The first kappa shape index (κ1) is 25.3. The summed E-state index contributed by atoms with van der Waals surface area (Å²) in [6, 6.07) is 25.2. The molecule has 3 aromatic carbocycles. The second kappa shape index (κ2) is 11.8. The lowest BCUT2D eigenvalue weighted by molar-refractivity contribution is -0.115. The number of rotatable bonds is 10. The van der Waals surface area contributed by atoms with E-state index < -0.39 is 5.25 Å². The topological polar surface area (TPSA) is 81.9 Å². The van der Waals surface area contributed by atoms with Crippen LogP contribution in [0.3, 0.4) is 0 Å². The Morgan fingerprint density at radius 2 is 1.86 bits per heavy atom. The molecule has 0 aliphatic carbocycles. The largest absolute Gasteiger partial charge is 0.497 e. The maximum absolute atomic E-state index is 13.5. The van der Waals surface area contributed by atoms with Gasteiger partial charge in [0.2, 0.25) is 5.91 Å². The maximum Gasteiger partial charge on any atom is 0.242 e. The number of carbonyl (C=O) groups excluding carboxylic acids is 1. The predicted molar refractivity (Wildman–Crippen MR) is 152 cm³/mol. The number of para-hydroxylation sites is 1. The Labute approximate surface area is 227 Å². The number of amides is 1. The summed E-state index contributed by atoms with van der Waals surface area (Å²) in [6.07, 6.45) is 0. The van der Waals surface area contributed by atoms with Crippen molar-refractivity contribution in [3.63, 3.8) is 0 Å². The van der Waals surface area contributed by atoms with E-state index in [1.54, 1.807) is 36.3 Å². The fourth-order valence-corrected chi connectivity index (χ4v) is 6.91. The first-order chi connectivity index (χ1) is 18.1. The Balaban J connectivity index is 1.35. The Kier molecular flexibility index (Phi) is 8.08. The van der Waals surface area contributed by atoms with Gasteiger partial charge in [-0.25, -0.2) is 4.98 Å². The van der Waals surface area contributed by atoms with Crippen molar-refractivity contribution in [3.8, 4) is 5.75 Å². The van der Waals surface area contributed by atoms with Crippen LogP contribution in [0.5, 0.6) is 5.75 Å². The average Bonchev–Trinajstić information content (AvgIpc) is 3.54. The van der Waals surface area contributed by atoms with E-state index in [-0.39, 0.29) is 5.91 Å². The number of thioether (sulfide) groups is 2. The van der Waals surface area contributed by atoms with E-state index in [1.165, 1.54) is 16.5 Å². The Morgan fingerprint density at radius 3 is 2.65 bits per heavy atom. The maximum atomic E-state index is 13.5. The molecule has 1 unspecified atom stereocenters. The van der Waals surface area contributed by atoms with Crippen LogP contribution in [0.1, 0.15) is 23.6 Å². The molecule has 0 spiro atoms. The second-order valence-corrected chi connectivity index (χ2v) is 11.3. The first-order valence-electron chi connectivity index (χ1n) is 11.7. The molecule has 5 rings (SSSR count). The van der Waals surface area contributed by atoms with Crippen LogP contribution in [0.2, 0.25) is 0 Å². The van der Waals surface area contributed by atoms with E-state index in [9.17, 15) is 4.79 Å². The van der Waals surface area contributed by atoms with E-state index in [1.807, 2.05) is 66.7 Å². The Bertz CT molecular complexity index is 1470. The summed E-state index contributed by atoms with van der Waals surface area (Å²) in [5.41, 5.74) is 2.58. The number of nitrogens with one attached hydrogen (secondary N) is 1. The van der Waals surface area contributed by atoms with Gasteiger partial charge in [-0.3, -0.25) is 4.79 Å². The van der Waals surface area contributed by atoms with Crippen LogP contribution in [0.4, 0.5) is 5.69 Å². The third-order valence-corrected chi connectivity index (χ3v) is 9.02. The van der Waals surface area contributed by atoms with Crippen LogP contribution in [0.15, 0.2) is 88.4 Å². The molecule has 0 fully saturated rings. The summed E-state index contributed by atoms with van der Waals surface area (Å²) in [5.74, 6) is 2.05. The van der Waals surface area contributed by atoms with Gasteiger partial charge in [-0.15, -0.1) is 21.5 Å². The molecule has 2 aromatic heterocycles. The van der Waals surface area contributed by atoms with Crippen molar-refractivity contribution in [3.05, 3.63) is 90.3 Å². The van der Waals surface area contributed by atoms with Gasteiger partial charge in [0.05, 0.1) is 23.1 Å². The summed E-state index contributed by atoms with van der Waals surface area (Å²) in [4.78, 5) is 18.2. The van der Waals surface area contributed by atoms with Crippen molar-refractivity contribution in [2.24, 2.45) is 0 Å². The lowest BCUT2D eigenvalue weighted by Crippen LogP contribution is -2.19. The lowest BCUT2D eigenvalue weighted by atomic mass is 10.1. The third-order valence-electron chi connectivity index (χ3n) is 5.61. The highest BCUT2D eigenvalue weighted by Gasteiger charge is 2.26. The zero-order chi connectivity index (χ0) is 25.6. The molecule has 0 saturated carbocycles. The highest BCUT2D eigenvalue weighted by atomic mass is 32.2. The number of carbonyl (C=O) groups is 1. The van der Waals surface area contributed by atoms with Crippen LogP contribution in [0, 0.1) is 0 Å². The number of anilines is 1. The van der Waals surface area contributed by atoms with Gasteiger partial charge in [0, 0.05) is 18.3 Å². The number of thiazole rings is 1. The molecule has 0 aliphatic heterocycles. The van der Waals surface area contributed by atoms with Crippen molar-refractivity contribution in [2.45, 2.75) is 34.0 Å². The van der Waals surface area contributed by atoms with E-state index in [0.717, 1.165) is 21.2 Å². The molecule has 0 bridgehead atoms.